The van der Waals surface area contributed by atoms with Crippen LogP contribution in [0.1, 0.15) is 105 Å². The highest BCUT2D eigenvalue weighted by Crippen LogP contribution is 2.48. The molecule has 8 rings (SSSR count). The quantitative estimate of drug-likeness (QED) is 0.156. The van der Waals surface area contributed by atoms with Crippen LogP contribution in [0.15, 0.2) is 146 Å². The minimum absolute atomic E-state index is 0.0690. The van der Waals surface area contributed by atoms with E-state index in [4.69, 9.17) is 0 Å². The molecule has 0 atom stereocenters. The second-order valence-corrected chi connectivity index (χ2v) is 20.5. The first-order valence-electron chi connectivity index (χ1n) is 21.0. The molecule has 0 aliphatic rings. The van der Waals surface area contributed by atoms with Gasteiger partial charge in [0.1, 0.15) is 0 Å². The van der Waals surface area contributed by atoms with Crippen LogP contribution in [0, 0.1) is 0 Å². The van der Waals surface area contributed by atoms with Crippen LogP contribution in [0.5, 0.6) is 0 Å². The smallest absolute Gasteiger partial charge is 0.0540 e. The third-order valence-corrected chi connectivity index (χ3v) is 12.1. The summed E-state index contributed by atoms with van der Waals surface area (Å²) in [6.07, 6.45) is 0. The van der Waals surface area contributed by atoms with Crippen LogP contribution in [0.3, 0.4) is 0 Å². The average Bonchev–Trinajstić information content (AvgIpc) is 3.17. The number of hydrogen-bond donors (Lipinski definition) is 0. The minimum Gasteiger partial charge on any atom is -0.310 e. The van der Waals surface area contributed by atoms with Crippen molar-refractivity contribution >= 4 is 66.4 Å². The standard InChI is InChI=1S/C56H60N2/c1-53(2,3)39-17-25-43(26-18-39)57(44-27-19-40(20-28-44)54(4,5)6)49-35-15-37-14-34-48-50(36-16-38-13-33-47(49)51(37)52(38)48)58(45-29-21-41(22-30-45)55(7,8)9)46-31-23-42(24-32-46)56(10,11)12/h13-36H,1-12H3. The molecule has 0 radical (unpaired) electrons. The van der Waals surface area contributed by atoms with Crippen molar-refractivity contribution in [1.29, 1.82) is 0 Å². The van der Waals surface area contributed by atoms with Crippen molar-refractivity contribution in [2.75, 3.05) is 9.80 Å². The zero-order valence-electron chi connectivity index (χ0n) is 36.8. The Morgan fingerprint density at radius 2 is 0.483 bits per heavy atom. The number of benzene rings is 8. The van der Waals surface area contributed by atoms with Gasteiger partial charge in [0.15, 0.2) is 0 Å². The number of nitrogens with zero attached hydrogens (tertiary/aromatic N) is 2. The summed E-state index contributed by atoms with van der Waals surface area (Å²) in [6.45, 7) is 27.4. The predicted molar refractivity (Wildman–Crippen MR) is 254 cm³/mol. The first kappa shape index (κ1) is 39.2. The fourth-order valence-electron chi connectivity index (χ4n) is 8.46. The molecule has 0 spiro atoms. The third-order valence-electron chi connectivity index (χ3n) is 12.1. The molecule has 0 fully saturated rings. The third kappa shape index (κ3) is 7.23. The molecule has 0 saturated heterocycles. The Hall–Kier alpha value is -5.60. The molecule has 0 bridgehead atoms. The lowest BCUT2D eigenvalue weighted by atomic mass is 9.86. The lowest BCUT2D eigenvalue weighted by Crippen LogP contribution is -2.15. The molecule has 0 heterocycles. The Kier molecular flexibility index (Phi) is 9.50. The summed E-state index contributed by atoms with van der Waals surface area (Å²) in [5.41, 5.74) is 12.5. The Bertz CT molecular complexity index is 2400. The first-order valence-corrected chi connectivity index (χ1v) is 21.0. The van der Waals surface area contributed by atoms with Crippen molar-refractivity contribution in [3.63, 3.8) is 0 Å². The van der Waals surface area contributed by atoms with Crippen molar-refractivity contribution in [2.24, 2.45) is 0 Å². The zero-order chi connectivity index (χ0) is 41.4. The molecule has 8 aromatic rings. The van der Waals surface area contributed by atoms with Gasteiger partial charge >= 0.3 is 0 Å². The Morgan fingerprint density at radius 1 is 0.259 bits per heavy atom. The maximum absolute atomic E-state index is 2.45. The molecule has 2 heteroatoms. The summed E-state index contributed by atoms with van der Waals surface area (Å²) in [7, 11) is 0. The molecule has 2 nitrogen and oxygen atoms in total. The van der Waals surface area contributed by atoms with E-state index in [9.17, 15) is 0 Å². The largest absolute Gasteiger partial charge is 0.310 e. The van der Waals surface area contributed by atoms with Gasteiger partial charge < -0.3 is 9.80 Å². The van der Waals surface area contributed by atoms with E-state index >= 15 is 0 Å². The molecule has 0 saturated carbocycles. The molecule has 58 heavy (non-hydrogen) atoms. The summed E-state index contributed by atoms with van der Waals surface area (Å²) in [5, 5.41) is 7.56. The molecule has 0 aliphatic heterocycles. The van der Waals surface area contributed by atoms with Gasteiger partial charge in [-0.3, -0.25) is 0 Å². The highest BCUT2D eigenvalue weighted by molar-refractivity contribution is 6.28. The molecular weight excluding hydrogens is 701 g/mol. The summed E-state index contributed by atoms with van der Waals surface area (Å²) in [5.74, 6) is 0. The number of anilines is 6. The molecule has 8 aromatic carbocycles. The molecule has 0 aliphatic carbocycles. The maximum Gasteiger partial charge on any atom is 0.0540 e. The SMILES string of the molecule is CC(C)(C)c1ccc(N(c2ccc(C(C)(C)C)cc2)c2ccc3ccc4c(N(c5ccc(C(C)(C)C)cc5)c5ccc(C(C)(C)C)cc5)ccc5ccc2c3c54)cc1. The molecule has 0 N–H and O–H groups in total. The highest BCUT2D eigenvalue weighted by atomic mass is 15.1. The highest BCUT2D eigenvalue weighted by Gasteiger charge is 2.24. The number of hydrogen-bond acceptors (Lipinski definition) is 2. The Balaban J connectivity index is 1.35. The second kappa shape index (κ2) is 14.0. The van der Waals surface area contributed by atoms with Crippen LogP contribution < -0.4 is 9.80 Å². The van der Waals surface area contributed by atoms with Gasteiger partial charge in [0.25, 0.3) is 0 Å². The van der Waals surface area contributed by atoms with Gasteiger partial charge in [-0.15, -0.1) is 0 Å². The predicted octanol–water partition coefficient (Wildman–Crippen LogP) is 16.7. The molecule has 294 valence electrons. The van der Waals surface area contributed by atoms with Crippen molar-refractivity contribution in [1.82, 2.24) is 0 Å². The second-order valence-electron chi connectivity index (χ2n) is 20.5. The Morgan fingerprint density at radius 3 is 0.707 bits per heavy atom. The summed E-state index contributed by atoms with van der Waals surface area (Å²) >= 11 is 0. The van der Waals surface area contributed by atoms with Crippen LogP contribution in [0.2, 0.25) is 0 Å². The summed E-state index contributed by atoms with van der Waals surface area (Å²) in [6, 6.07) is 55.3. The topological polar surface area (TPSA) is 6.48 Å². The van der Waals surface area contributed by atoms with Gasteiger partial charge in [0, 0.05) is 33.5 Å². The van der Waals surface area contributed by atoms with Gasteiger partial charge in [0.2, 0.25) is 0 Å². The Labute approximate surface area is 347 Å². The molecule has 0 amide bonds. The molecule has 0 unspecified atom stereocenters. The van der Waals surface area contributed by atoms with E-state index in [2.05, 4.69) is 238 Å². The van der Waals surface area contributed by atoms with E-state index in [-0.39, 0.29) is 21.7 Å². The van der Waals surface area contributed by atoms with Crippen LogP contribution in [-0.2, 0) is 21.7 Å². The fourth-order valence-corrected chi connectivity index (χ4v) is 8.46. The zero-order valence-corrected chi connectivity index (χ0v) is 36.8. The minimum atomic E-state index is 0.0690. The van der Waals surface area contributed by atoms with Gasteiger partial charge in [0.05, 0.1) is 11.4 Å². The lowest BCUT2D eigenvalue weighted by Gasteiger charge is -2.30. The first-order chi connectivity index (χ1) is 27.3. The van der Waals surface area contributed by atoms with Crippen LogP contribution in [0.25, 0.3) is 32.3 Å². The van der Waals surface area contributed by atoms with Gasteiger partial charge in [-0.05, 0) is 126 Å². The van der Waals surface area contributed by atoms with Gasteiger partial charge in [-0.2, -0.15) is 0 Å². The molecule has 0 aromatic heterocycles. The van der Waals surface area contributed by atoms with E-state index in [1.54, 1.807) is 0 Å². The van der Waals surface area contributed by atoms with E-state index in [0.29, 0.717) is 0 Å². The fraction of sp³-hybridized carbons (Fsp3) is 0.286. The van der Waals surface area contributed by atoms with E-state index in [1.807, 2.05) is 0 Å². The maximum atomic E-state index is 2.45. The van der Waals surface area contributed by atoms with Crippen LogP contribution in [-0.4, -0.2) is 0 Å². The average molecular weight is 761 g/mol. The van der Waals surface area contributed by atoms with Crippen molar-refractivity contribution in [3.05, 3.63) is 168 Å². The monoisotopic (exact) mass is 760 g/mol. The van der Waals surface area contributed by atoms with Crippen molar-refractivity contribution < 1.29 is 0 Å². The van der Waals surface area contributed by atoms with Crippen LogP contribution >= 0.6 is 0 Å². The normalized spacial score (nSPS) is 12.8. The lowest BCUT2D eigenvalue weighted by molar-refractivity contribution is 0.590. The number of rotatable bonds is 6. The van der Waals surface area contributed by atoms with Crippen LogP contribution in [0.4, 0.5) is 34.1 Å². The van der Waals surface area contributed by atoms with E-state index in [0.717, 1.165) is 22.7 Å². The van der Waals surface area contributed by atoms with Gasteiger partial charge in [-0.1, -0.05) is 168 Å². The van der Waals surface area contributed by atoms with Crippen molar-refractivity contribution in [3.8, 4) is 0 Å². The molecular formula is C56H60N2. The van der Waals surface area contributed by atoms with Crippen molar-refractivity contribution in [2.45, 2.75) is 105 Å². The summed E-state index contributed by atoms with van der Waals surface area (Å²) in [4.78, 5) is 4.90. The van der Waals surface area contributed by atoms with Gasteiger partial charge in [-0.25, -0.2) is 0 Å². The van der Waals surface area contributed by atoms with E-state index < -0.39 is 0 Å². The van der Waals surface area contributed by atoms with E-state index in [1.165, 1.54) is 65.9 Å². The summed E-state index contributed by atoms with van der Waals surface area (Å²) < 4.78 is 0.